The lowest BCUT2D eigenvalue weighted by atomic mass is 10.1. The van der Waals surface area contributed by atoms with E-state index in [9.17, 15) is 0 Å². The summed E-state index contributed by atoms with van der Waals surface area (Å²) in [5.41, 5.74) is 3.01. The number of rotatable bonds is 5. The average molecular weight is 400 g/mol. The molecule has 3 heterocycles. The molecule has 4 rings (SSSR count). The predicted molar refractivity (Wildman–Crippen MR) is 117 cm³/mol. The summed E-state index contributed by atoms with van der Waals surface area (Å²) in [6, 6.07) is 8.70. The predicted octanol–water partition coefficient (Wildman–Crippen LogP) is 4.10. The van der Waals surface area contributed by atoms with Crippen LogP contribution in [0.4, 0.5) is 16.4 Å². The van der Waals surface area contributed by atoms with Gasteiger partial charge in [0.25, 0.3) is 0 Å². The third-order valence-electron chi connectivity index (χ3n) is 5.18. The van der Waals surface area contributed by atoms with E-state index in [0.29, 0.717) is 12.0 Å². The van der Waals surface area contributed by atoms with Crippen molar-refractivity contribution in [1.29, 1.82) is 0 Å². The van der Waals surface area contributed by atoms with Crippen molar-refractivity contribution in [2.24, 2.45) is 4.99 Å². The van der Waals surface area contributed by atoms with Crippen LogP contribution in [0.1, 0.15) is 43.3 Å². The summed E-state index contributed by atoms with van der Waals surface area (Å²) in [6.07, 6.45) is 2.17. The zero-order chi connectivity index (χ0) is 19.5. The number of aromatic nitrogens is 1. The van der Waals surface area contributed by atoms with Crippen molar-refractivity contribution < 1.29 is 4.74 Å². The Kier molecular flexibility index (Phi) is 5.94. The Morgan fingerprint density at radius 3 is 3.00 bits per heavy atom. The molecule has 1 aromatic heterocycles. The Bertz CT molecular complexity index is 847. The van der Waals surface area contributed by atoms with Crippen LogP contribution in [0.25, 0.3) is 0 Å². The summed E-state index contributed by atoms with van der Waals surface area (Å²) in [6.45, 7) is 8.04. The van der Waals surface area contributed by atoms with Crippen molar-refractivity contribution in [3.63, 3.8) is 0 Å². The van der Waals surface area contributed by atoms with Gasteiger partial charge in [0.05, 0.1) is 16.4 Å². The Morgan fingerprint density at radius 2 is 2.18 bits per heavy atom. The quantitative estimate of drug-likeness (QED) is 0.741. The highest BCUT2D eigenvalue weighted by atomic mass is 32.1. The smallest absolute Gasteiger partial charge is 0.158 e. The second-order valence-corrected chi connectivity index (χ2v) is 8.72. The monoisotopic (exact) mass is 399 g/mol. The van der Waals surface area contributed by atoms with E-state index in [1.165, 1.54) is 0 Å². The van der Waals surface area contributed by atoms with Crippen molar-refractivity contribution in [2.75, 3.05) is 38.7 Å². The number of thiazole rings is 1. The molecule has 28 heavy (non-hydrogen) atoms. The molecule has 0 aliphatic carbocycles. The second-order valence-electron chi connectivity index (χ2n) is 7.69. The maximum atomic E-state index is 5.22. The minimum Gasteiger partial charge on any atom is -0.385 e. The maximum absolute atomic E-state index is 5.22. The minimum absolute atomic E-state index is 0.403. The van der Waals surface area contributed by atoms with E-state index in [0.717, 1.165) is 72.0 Å². The van der Waals surface area contributed by atoms with Crippen LogP contribution in [-0.2, 0) is 4.74 Å². The van der Waals surface area contributed by atoms with Crippen molar-refractivity contribution in [3.05, 3.63) is 35.0 Å². The molecule has 2 aliphatic rings. The topological polar surface area (TPSA) is 61.8 Å². The summed E-state index contributed by atoms with van der Waals surface area (Å²) < 4.78 is 5.22. The number of anilines is 2. The van der Waals surface area contributed by atoms with Gasteiger partial charge >= 0.3 is 0 Å². The molecule has 1 aromatic carbocycles. The number of nitrogens with one attached hydrogen (secondary N) is 2. The van der Waals surface area contributed by atoms with E-state index in [1.54, 1.807) is 18.4 Å². The first-order valence-electron chi connectivity index (χ1n) is 10.1. The Hall–Kier alpha value is -1.96. The molecule has 2 N–H and O–H groups in total. The molecule has 1 atom stereocenters. The fraction of sp³-hybridized carbons (Fsp3) is 0.524. The van der Waals surface area contributed by atoms with Gasteiger partial charge in [0, 0.05) is 45.3 Å². The average Bonchev–Trinajstić information content (AvgIpc) is 3.05. The van der Waals surface area contributed by atoms with Gasteiger partial charge in [-0.05, 0) is 25.0 Å². The number of ether oxygens (including phenoxy) is 1. The van der Waals surface area contributed by atoms with Gasteiger partial charge in [-0.15, -0.1) is 11.3 Å². The normalized spacial score (nSPS) is 18.9. The van der Waals surface area contributed by atoms with E-state index in [-0.39, 0.29) is 0 Å². The van der Waals surface area contributed by atoms with Crippen LogP contribution >= 0.6 is 11.3 Å². The van der Waals surface area contributed by atoms with Crippen molar-refractivity contribution >= 4 is 33.5 Å². The minimum atomic E-state index is 0.403. The highest BCUT2D eigenvalue weighted by Crippen LogP contribution is 2.39. The van der Waals surface area contributed by atoms with Crippen LogP contribution in [0.2, 0.25) is 0 Å². The van der Waals surface area contributed by atoms with E-state index in [1.807, 2.05) is 12.1 Å². The molecule has 0 saturated carbocycles. The van der Waals surface area contributed by atoms with Crippen molar-refractivity contribution in [3.8, 4) is 0 Å². The van der Waals surface area contributed by atoms with Crippen LogP contribution in [0.3, 0.4) is 0 Å². The molecule has 1 saturated heterocycles. The molecule has 0 unspecified atom stereocenters. The number of hydrogen-bond acceptors (Lipinski definition) is 7. The second kappa shape index (κ2) is 8.59. The standard InChI is InChI=1S/C21H29N5OS/c1-14(2)20-25-18-19(26-11-10-22-15(13-26)7-6-12-27-3)23-16-8-4-5-9-17(16)24-21(18)28-20/h4-5,8-9,14-15,22,24H,6-7,10-13H2,1-3H3/t15-/m0/s1. The largest absolute Gasteiger partial charge is 0.385 e. The zero-order valence-electron chi connectivity index (χ0n) is 16.9. The molecule has 7 heteroatoms. The van der Waals surface area contributed by atoms with E-state index in [4.69, 9.17) is 14.7 Å². The molecule has 0 radical (unpaired) electrons. The Morgan fingerprint density at radius 1 is 1.32 bits per heavy atom. The molecule has 0 amide bonds. The van der Waals surface area contributed by atoms with Crippen LogP contribution in [0.15, 0.2) is 29.3 Å². The van der Waals surface area contributed by atoms with Crippen LogP contribution in [0.5, 0.6) is 0 Å². The third-order valence-corrected chi connectivity index (χ3v) is 6.46. The fourth-order valence-electron chi connectivity index (χ4n) is 3.69. The molecular formula is C21H29N5OS. The molecule has 2 aromatic rings. The summed E-state index contributed by atoms with van der Waals surface area (Å²) in [7, 11) is 1.77. The van der Waals surface area contributed by atoms with Gasteiger partial charge in [0.15, 0.2) is 5.84 Å². The number of fused-ring (bicyclic) bond motifs is 2. The lowest BCUT2D eigenvalue weighted by molar-refractivity contribution is 0.182. The summed E-state index contributed by atoms with van der Waals surface area (Å²) >= 11 is 1.74. The molecule has 150 valence electrons. The number of hydrogen-bond donors (Lipinski definition) is 2. The number of para-hydroxylation sites is 2. The number of aliphatic imine (C=N–C) groups is 1. The summed E-state index contributed by atoms with van der Waals surface area (Å²) in [5, 5.41) is 9.47. The lowest BCUT2D eigenvalue weighted by Crippen LogP contribution is -2.52. The van der Waals surface area contributed by atoms with Crippen LogP contribution in [0, 0.1) is 0 Å². The molecule has 6 nitrogen and oxygen atoms in total. The van der Waals surface area contributed by atoms with E-state index < -0.39 is 0 Å². The highest BCUT2D eigenvalue weighted by Gasteiger charge is 2.29. The third kappa shape index (κ3) is 4.06. The Balaban J connectivity index is 1.66. The number of benzene rings is 1. The highest BCUT2D eigenvalue weighted by molar-refractivity contribution is 7.16. The molecule has 0 spiro atoms. The maximum Gasteiger partial charge on any atom is 0.158 e. The molecule has 1 fully saturated rings. The molecular weight excluding hydrogens is 370 g/mol. The molecule has 0 bridgehead atoms. The van der Waals surface area contributed by atoms with Gasteiger partial charge in [0.2, 0.25) is 0 Å². The fourth-order valence-corrected chi connectivity index (χ4v) is 4.67. The number of piperazine rings is 1. The Labute approximate surface area is 171 Å². The summed E-state index contributed by atoms with van der Waals surface area (Å²) in [5.74, 6) is 1.40. The summed E-state index contributed by atoms with van der Waals surface area (Å²) in [4.78, 5) is 12.5. The van der Waals surface area contributed by atoms with Gasteiger partial charge < -0.3 is 20.3 Å². The molecule has 2 aliphatic heterocycles. The number of amidine groups is 1. The van der Waals surface area contributed by atoms with Gasteiger partial charge in [-0.1, -0.05) is 26.0 Å². The first-order chi connectivity index (χ1) is 13.7. The van der Waals surface area contributed by atoms with Gasteiger partial charge in [0.1, 0.15) is 10.7 Å². The van der Waals surface area contributed by atoms with Gasteiger partial charge in [-0.3, -0.25) is 0 Å². The first-order valence-corrected chi connectivity index (χ1v) is 10.9. The lowest BCUT2D eigenvalue weighted by Gasteiger charge is -2.35. The van der Waals surface area contributed by atoms with Crippen LogP contribution in [-0.4, -0.2) is 55.1 Å². The number of methoxy groups -OCH3 is 1. The van der Waals surface area contributed by atoms with Gasteiger partial charge in [-0.25, -0.2) is 9.98 Å². The van der Waals surface area contributed by atoms with Gasteiger partial charge in [-0.2, -0.15) is 0 Å². The van der Waals surface area contributed by atoms with Crippen molar-refractivity contribution in [1.82, 2.24) is 15.2 Å². The van der Waals surface area contributed by atoms with E-state index in [2.05, 4.69) is 41.5 Å². The number of nitrogens with zero attached hydrogens (tertiary/aromatic N) is 3. The SMILES string of the molecule is COCCC[C@H]1CN(C2=Nc3ccccc3Nc3sc(C(C)C)nc32)CCN1. The van der Waals surface area contributed by atoms with Crippen molar-refractivity contribution in [2.45, 2.75) is 38.6 Å². The van der Waals surface area contributed by atoms with E-state index >= 15 is 0 Å². The van der Waals surface area contributed by atoms with Crippen LogP contribution < -0.4 is 10.6 Å². The first kappa shape index (κ1) is 19.4. The zero-order valence-corrected chi connectivity index (χ0v) is 17.7.